The Morgan fingerprint density at radius 1 is 1.15 bits per heavy atom. The molecule has 208 valence electrons. The summed E-state index contributed by atoms with van der Waals surface area (Å²) in [6.07, 6.45) is -0.738. The van der Waals surface area contributed by atoms with Crippen LogP contribution in [0, 0.1) is 23.7 Å². The Hall–Kier alpha value is -4.07. The molecule has 4 rings (SSSR count). The van der Waals surface area contributed by atoms with Crippen LogP contribution in [0.2, 0.25) is 0 Å². The molecule has 3 atom stereocenters. The number of nitrogens with zero attached hydrogens (tertiary/aromatic N) is 3. The van der Waals surface area contributed by atoms with Gasteiger partial charge in [-0.2, -0.15) is 5.26 Å². The number of aliphatic hydroxyl groups is 1. The number of hydrogen-bond donors (Lipinski definition) is 3. The van der Waals surface area contributed by atoms with E-state index >= 15 is 0 Å². The average Bonchev–Trinajstić information content (AvgIpc) is 3.54. The van der Waals surface area contributed by atoms with Crippen molar-refractivity contribution in [2.75, 3.05) is 6.54 Å². The monoisotopic (exact) mass is 559 g/mol. The molecule has 1 aliphatic heterocycles. The van der Waals surface area contributed by atoms with Crippen molar-refractivity contribution in [3.8, 4) is 16.5 Å². The van der Waals surface area contributed by atoms with Gasteiger partial charge in [0, 0.05) is 25.1 Å². The molecule has 1 fully saturated rings. The summed E-state index contributed by atoms with van der Waals surface area (Å²) >= 11 is 1.57. The molecular formula is C30H33N5O4S. The predicted molar refractivity (Wildman–Crippen MR) is 152 cm³/mol. The maximum atomic E-state index is 13.7. The predicted octanol–water partition coefficient (Wildman–Crippen LogP) is 3.41. The summed E-state index contributed by atoms with van der Waals surface area (Å²) < 4.78 is 0. The smallest absolute Gasteiger partial charge is 0.251 e. The van der Waals surface area contributed by atoms with E-state index in [0.29, 0.717) is 11.1 Å². The average molecular weight is 560 g/mol. The van der Waals surface area contributed by atoms with E-state index in [1.807, 2.05) is 63.5 Å². The number of carbonyl (C=O) groups is 3. The highest BCUT2D eigenvalue weighted by Gasteiger charge is 2.44. The van der Waals surface area contributed by atoms with Gasteiger partial charge in [-0.1, -0.05) is 45.0 Å². The number of β-amino-alcohol motifs (C(OH)–C–C–N with tert-alkyl or cyclic N) is 1. The second-order valence-electron chi connectivity index (χ2n) is 11.0. The Morgan fingerprint density at radius 2 is 1.82 bits per heavy atom. The normalized spacial score (nSPS) is 17.6. The highest BCUT2D eigenvalue weighted by Crippen LogP contribution is 2.28. The van der Waals surface area contributed by atoms with Crippen molar-refractivity contribution in [3.63, 3.8) is 0 Å². The van der Waals surface area contributed by atoms with E-state index in [2.05, 4.69) is 15.6 Å². The molecule has 40 heavy (non-hydrogen) atoms. The number of aliphatic hydroxyl groups excluding tert-OH is 1. The molecule has 3 N–H and O–H groups in total. The van der Waals surface area contributed by atoms with Crippen LogP contribution in [0.25, 0.3) is 10.4 Å². The molecule has 9 nitrogen and oxygen atoms in total. The van der Waals surface area contributed by atoms with Crippen LogP contribution in [-0.4, -0.2) is 57.4 Å². The van der Waals surface area contributed by atoms with Gasteiger partial charge in [0.2, 0.25) is 11.8 Å². The molecule has 1 saturated heterocycles. The highest BCUT2D eigenvalue weighted by atomic mass is 32.1. The molecular weight excluding hydrogens is 526 g/mol. The molecule has 0 aliphatic carbocycles. The third kappa shape index (κ3) is 6.55. The molecule has 1 unspecified atom stereocenters. The van der Waals surface area contributed by atoms with E-state index in [1.54, 1.807) is 11.3 Å². The molecule has 0 bridgehead atoms. The molecule has 10 heteroatoms. The number of rotatable bonds is 7. The van der Waals surface area contributed by atoms with E-state index in [1.165, 1.54) is 29.2 Å². The van der Waals surface area contributed by atoms with Gasteiger partial charge in [-0.05, 0) is 47.7 Å². The summed E-state index contributed by atoms with van der Waals surface area (Å²) in [5.41, 5.74) is 4.80. The topological polar surface area (TPSA) is 135 Å². The zero-order valence-electron chi connectivity index (χ0n) is 23.0. The highest BCUT2D eigenvalue weighted by molar-refractivity contribution is 7.13. The van der Waals surface area contributed by atoms with Gasteiger partial charge in [0.1, 0.15) is 12.1 Å². The first-order valence-electron chi connectivity index (χ1n) is 13.0. The largest absolute Gasteiger partial charge is 0.391 e. The molecule has 3 aromatic rings. The number of aromatic nitrogens is 1. The molecule has 0 radical (unpaired) electrons. The fourth-order valence-corrected chi connectivity index (χ4v) is 5.50. The van der Waals surface area contributed by atoms with Crippen molar-refractivity contribution < 1.29 is 19.5 Å². The lowest BCUT2D eigenvalue weighted by Crippen LogP contribution is -2.57. The van der Waals surface area contributed by atoms with Crippen LogP contribution in [0.4, 0.5) is 0 Å². The summed E-state index contributed by atoms with van der Waals surface area (Å²) in [5.74, 6) is -1.26. The standard InChI is InChI=1S/C30H33N5O4S/c1-18-25(40-17-33-18)21-9-7-20(8-10-21)15-32-28(38)24-13-23(36)16-35(24)29(39)26(30(2,3)4)34-27(37)22-11-5-19(14-31)6-12-22/h5-12,17,23-24,26,36H,13,15-16H2,1-4H3,(H,32,38)(H,34,37)/t23-,24+,26?/m1/s1. The van der Waals surface area contributed by atoms with E-state index in [4.69, 9.17) is 5.26 Å². The van der Waals surface area contributed by atoms with Crippen LogP contribution in [0.3, 0.4) is 0 Å². The lowest BCUT2D eigenvalue weighted by atomic mass is 9.85. The number of thiazole rings is 1. The summed E-state index contributed by atoms with van der Waals surface area (Å²) in [5, 5.41) is 25.1. The Bertz CT molecular complexity index is 1420. The van der Waals surface area contributed by atoms with Crippen LogP contribution in [-0.2, 0) is 16.1 Å². The van der Waals surface area contributed by atoms with E-state index in [0.717, 1.165) is 21.7 Å². The van der Waals surface area contributed by atoms with E-state index in [9.17, 15) is 19.5 Å². The Labute approximate surface area is 237 Å². The minimum atomic E-state index is -0.945. The molecule has 2 heterocycles. The minimum absolute atomic E-state index is 0.000859. The number of aryl methyl sites for hydroxylation is 1. The van der Waals surface area contributed by atoms with Crippen LogP contribution < -0.4 is 10.6 Å². The quantitative estimate of drug-likeness (QED) is 0.406. The summed E-state index contributed by atoms with van der Waals surface area (Å²) in [4.78, 5) is 46.7. The zero-order valence-corrected chi connectivity index (χ0v) is 23.8. The Kier molecular flexibility index (Phi) is 8.67. The van der Waals surface area contributed by atoms with Gasteiger partial charge in [0.15, 0.2) is 0 Å². The Balaban J connectivity index is 1.44. The second kappa shape index (κ2) is 12.0. The maximum Gasteiger partial charge on any atom is 0.251 e. The van der Waals surface area contributed by atoms with Crippen LogP contribution in [0.1, 0.15) is 54.4 Å². The lowest BCUT2D eigenvalue weighted by Gasteiger charge is -2.35. The molecule has 1 aliphatic rings. The van der Waals surface area contributed by atoms with Crippen molar-refractivity contribution in [1.29, 1.82) is 5.26 Å². The third-order valence-electron chi connectivity index (χ3n) is 6.96. The first-order chi connectivity index (χ1) is 19.0. The van der Waals surface area contributed by atoms with Gasteiger partial charge in [-0.15, -0.1) is 11.3 Å². The van der Waals surface area contributed by atoms with Crippen molar-refractivity contribution >= 4 is 29.1 Å². The molecule has 1 aromatic heterocycles. The number of likely N-dealkylation sites (tertiary alicyclic amines) is 1. The first kappa shape index (κ1) is 28.9. The van der Waals surface area contributed by atoms with Crippen molar-refractivity contribution in [3.05, 3.63) is 76.4 Å². The van der Waals surface area contributed by atoms with Crippen molar-refractivity contribution in [2.24, 2.45) is 5.41 Å². The number of hydrogen-bond acceptors (Lipinski definition) is 7. The van der Waals surface area contributed by atoms with Gasteiger partial charge in [0.25, 0.3) is 5.91 Å². The van der Waals surface area contributed by atoms with Crippen molar-refractivity contribution in [2.45, 2.75) is 58.8 Å². The van der Waals surface area contributed by atoms with E-state index < -0.39 is 35.4 Å². The van der Waals surface area contributed by atoms with Gasteiger partial charge >= 0.3 is 0 Å². The summed E-state index contributed by atoms with van der Waals surface area (Å²) in [6, 6.07) is 14.2. The fourth-order valence-electron chi connectivity index (χ4n) is 4.69. The third-order valence-corrected chi connectivity index (χ3v) is 7.94. The first-order valence-corrected chi connectivity index (χ1v) is 13.9. The van der Waals surface area contributed by atoms with Crippen LogP contribution >= 0.6 is 11.3 Å². The molecule has 0 spiro atoms. The van der Waals surface area contributed by atoms with E-state index in [-0.39, 0.29) is 25.4 Å². The van der Waals surface area contributed by atoms with Gasteiger partial charge in [-0.3, -0.25) is 14.4 Å². The minimum Gasteiger partial charge on any atom is -0.391 e. The zero-order chi connectivity index (χ0) is 29.0. The molecule has 3 amide bonds. The number of nitrogens with one attached hydrogen (secondary N) is 2. The number of benzene rings is 2. The molecule has 0 saturated carbocycles. The Morgan fingerprint density at radius 3 is 2.40 bits per heavy atom. The number of nitriles is 1. The van der Waals surface area contributed by atoms with Gasteiger partial charge < -0.3 is 20.6 Å². The lowest BCUT2D eigenvalue weighted by molar-refractivity contribution is -0.142. The number of carbonyl (C=O) groups excluding carboxylic acids is 3. The van der Waals surface area contributed by atoms with Crippen molar-refractivity contribution in [1.82, 2.24) is 20.5 Å². The summed E-state index contributed by atoms with van der Waals surface area (Å²) in [6.45, 7) is 7.72. The van der Waals surface area contributed by atoms with Gasteiger partial charge in [0.05, 0.1) is 33.8 Å². The number of amides is 3. The summed E-state index contributed by atoms with van der Waals surface area (Å²) in [7, 11) is 0. The van der Waals surface area contributed by atoms with Crippen LogP contribution in [0.5, 0.6) is 0 Å². The SMILES string of the molecule is Cc1ncsc1-c1ccc(CNC(=O)[C@@H]2C[C@@H](O)CN2C(=O)C(NC(=O)c2ccc(C#N)cc2)C(C)(C)C)cc1. The second-order valence-corrected chi connectivity index (χ2v) is 11.9. The fraction of sp³-hybridized carbons (Fsp3) is 0.367. The molecule has 2 aromatic carbocycles. The van der Waals surface area contributed by atoms with Gasteiger partial charge in [-0.25, -0.2) is 4.98 Å². The maximum absolute atomic E-state index is 13.7. The van der Waals surface area contributed by atoms with Crippen LogP contribution in [0.15, 0.2) is 54.0 Å².